The first kappa shape index (κ1) is 14.9. The largest absolute Gasteiger partial charge is 0.351 e. The second-order valence-electron chi connectivity index (χ2n) is 4.28. The number of amides is 1. The summed E-state index contributed by atoms with van der Waals surface area (Å²) in [5.74, 6) is 0.262. The van der Waals surface area contributed by atoms with Crippen LogP contribution in [-0.2, 0) is 11.3 Å². The molecule has 0 spiro atoms. The summed E-state index contributed by atoms with van der Waals surface area (Å²) in [5.41, 5.74) is 1.08. The van der Waals surface area contributed by atoms with E-state index in [9.17, 15) is 4.79 Å². The topological polar surface area (TPSA) is 29.1 Å². The standard InChI is InChI=1S/C16H16ClNOS/c17-11-15(20-14-9-5-2-6-10-14)16(19)18-12-13-7-3-1-4-8-13/h1-10,15H,11-12H2,(H,18,19). The fraction of sp³-hybridized carbons (Fsp3) is 0.188. The molecule has 0 saturated heterocycles. The Morgan fingerprint density at radius 1 is 1.05 bits per heavy atom. The van der Waals surface area contributed by atoms with Gasteiger partial charge in [0, 0.05) is 17.3 Å². The van der Waals surface area contributed by atoms with E-state index in [1.165, 1.54) is 11.8 Å². The minimum atomic E-state index is -0.275. The van der Waals surface area contributed by atoms with Gasteiger partial charge in [0.15, 0.2) is 0 Å². The second kappa shape index (κ2) is 7.98. The van der Waals surface area contributed by atoms with E-state index in [4.69, 9.17) is 11.6 Å². The van der Waals surface area contributed by atoms with Crippen molar-refractivity contribution in [3.05, 3.63) is 66.2 Å². The Hall–Kier alpha value is -1.45. The number of carbonyl (C=O) groups excluding carboxylic acids is 1. The predicted octanol–water partition coefficient (Wildman–Crippen LogP) is 3.70. The van der Waals surface area contributed by atoms with E-state index in [-0.39, 0.29) is 11.2 Å². The molecule has 0 radical (unpaired) electrons. The zero-order chi connectivity index (χ0) is 14.2. The van der Waals surface area contributed by atoms with E-state index in [0.717, 1.165) is 10.5 Å². The Labute approximate surface area is 128 Å². The summed E-state index contributed by atoms with van der Waals surface area (Å²) in [5, 5.41) is 2.65. The number of thioether (sulfide) groups is 1. The lowest BCUT2D eigenvalue weighted by Crippen LogP contribution is -2.33. The van der Waals surface area contributed by atoms with Gasteiger partial charge in [-0.1, -0.05) is 48.5 Å². The zero-order valence-corrected chi connectivity index (χ0v) is 12.5. The molecule has 1 unspecified atom stereocenters. The van der Waals surface area contributed by atoms with Crippen molar-refractivity contribution in [2.75, 3.05) is 5.88 Å². The Morgan fingerprint density at radius 3 is 2.25 bits per heavy atom. The monoisotopic (exact) mass is 305 g/mol. The number of alkyl halides is 1. The molecule has 2 rings (SSSR count). The number of hydrogen-bond donors (Lipinski definition) is 1. The first-order valence-corrected chi connectivity index (χ1v) is 7.80. The lowest BCUT2D eigenvalue weighted by Gasteiger charge is -2.14. The van der Waals surface area contributed by atoms with Crippen LogP contribution in [0.5, 0.6) is 0 Å². The molecule has 104 valence electrons. The van der Waals surface area contributed by atoms with Gasteiger partial charge in [-0.05, 0) is 17.7 Å². The molecule has 1 atom stereocenters. The number of hydrogen-bond acceptors (Lipinski definition) is 2. The molecule has 0 heterocycles. The van der Waals surface area contributed by atoms with Crippen molar-refractivity contribution in [3.63, 3.8) is 0 Å². The highest BCUT2D eigenvalue weighted by atomic mass is 35.5. The predicted molar refractivity (Wildman–Crippen MR) is 85.1 cm³/mol. The van der Waals surface area contributed by atoms with Gasteiger partial charge < -0.3 is 5.32 Å². The molecule has 0 fully saturated rings. The summed E-state index contributed by atoms with van der Waals surface area (Å²) in [6.45, 7) is 0.530. The molecule has 0 aliphatic rings. The van der Waals surface area contributed by atoms with Crippen molar-refractivity contribution < 1.29 is 4.79 Å². The summed E-state index contributed by atoms with van der Waals surface area (Å²) in [6, 6.07) is 19.7. The zero-order valence-electron chi connectivity index (χ0n) is 11.0. The lowest BCUT2D eigenvalue weighted by atomic mass is 10.2. The molecule has 2 aromatic rings. The Balaban J connectivity index is 1.89. The molecule has 20 heavy (non-hydrogen) atoms. The highest BCUT2D eigenvalue weighted by Gasteiger charge is 2.18. The maximum atomic E-state index is 12.1. The fourth-order valence-corrected chi connectivity index (χ4v) is 2.94. The Morgan fingerprint density at radius 2 is 1.65 bits per heavy atom. The molecular weight excluding hydrogens is 290 g/mol. The minimum Gasteiger partial charge on any atom is -0.351 e. The van der Waals surface area contributed by atoms with E-state index in [0.29, 0.717) is 12.4 Å². The Kier molecular flexibility index (Phi) is 5.96. The quantitative estimate of drug-likeness (QED) is 0.651. The van der Waals surface area contributed by atoms with Gasteiger partial charge in [-0.15, -0.1) is 23.4 Å². The second-order valence-corrected chi connectivity index (χ2v) is 5.86. The molecule has 0 aromatic heterocycles. The molecule has 0 bridgehead atoms. The third-order valence-corrected chi connectivity index (χ3v) is 4.46. The summed E-state index contributed by atoms with van der Waals surface area (Å²) in [7, 11) is 0. The van der Waals surface area contributed by atoms with Gasteiger partial charge in [0.25, 0.3) is 0 Å². The smallest absolute Gasteiger partial charge is 0.234 e. The number of benzene rings is 2. The lowest BCUT2D eigenvalue weighted by molar-refractivity contribution is -0.120. The molecule has 1 N–H and O–H groups in total. The van der Waals surface area contributed by atoms with Crippen molar-refractivity contribution in [1.29, 1.82) is 0 Å². The highest BCUT2D eigenvalue weighted by molar-refractivity contribution is 8.00. The van der Waals surface area contributed by atoms with E-state index < -0.39 is 0 Å². The van der Waals surface area contributed by atoms with Crippen molar-refractivity contribution in [2.45, 2.75) is 16.7 Å². The average molecular weight is 306 g/mol. The molecule has 0 aliphatic heterocycles. The number of nitrogens with one attached hydrogen (secondary N) is 1. The first-order valence-electron chi connectivity index (χ1n) is 6.39. The number of rotatable bonds is 6. The van der Waals surface area contributed by atoms with Crippen LogP contribution in [0.15, 0.2) is 65.6 Å². The van der Waals surface area contributed by atoms with Gasteiger partial charge in [0.1, 0.15) is 5.25 Å². The van der Waals surface area contributed by atoms with Crippen molar-refractivity contribution in [3.8, 4) is 0 Å². The van der Waals surface area contributed by atoms with Crippen LogP contribution in [0, 0.1) is 0 Å². The Bertz CT molecular complexity index is 533. The molecule has 1 amide bonds. The van der Waals surface area contributed by atoms with Crippen LogP contribution in [-0.4, -0.2) is 17.0 Å². The summed E-state index contributed by atoms with van der Waals surface area (Å²) in [4.78, 5) is 13.2. The molecular formula is C16H16ClNOS. The normalized spacial score (nSPS) is 11.8. The van der Waals surface area contributed by atoms with Crippen LogP contribution >= 0.6 is 23.4 Å². The van der Waals surface area contributed by atoms with Gasteiger partial charge in [-0.25, -0.2) is 0 Å². The van der Waals surface area contributed by atoms with Gasteiger partial charge in [0.2, 0.25) is 5.91 Å². The van der Waals surface area contributed by atoms with Crippen LogP contribution < -0.4 is 5.32 Å². The molecule has 2 aromatic carbocycles. The molecule has 0 aliphatic carbocycles. The number of carbonyl (C=O) groups is 1. The first-order chi connectivity index (χ1) is 9.79. The van der Waals surface area contributed by atoms with Gasteiger partial charge in [-0.2, -0.15) is 0 Å². The SMILES string of the molecule is O=C(NCc1ccccc1)C(CCl)Sc1ccccc1. The summed E-state index contributed by atoms with van der Waals surface area (Å²) < 4.78 is 0. The average Bonchev–Trinajstić information content (AvgIpc) is 2.52. The fourth-order valence-electron chi connectivity index (χ4n) is 1.72. The summed E-state index contributed by atoms with van der Waals surface area (Å²) >= 11 is 7.40. The van der Waals surface area contributed by atoms with Crippen LogP contribution in [0.2, 0.25) is 0 Å². The van der Waals surface area contributed by atoms with E-state index in [1.54, 1.807) is 0 Å². The highest BCUT2D eigenvalue weighted by Crippen LogP contribution is 2.24. The van der Waals surface area contributed by atoms with Crippen LogP contribution in [0.25, 0.3) is 0 Å². The number of halogens is 1. The molecule has 4 heteroatoms. The maximum absolute atomic E-state index is 12.1. The van der Waals surface area contributed by atoms with E-state index >= 15 is 0 Å². The van der Waals surface area contributed by atoms with Crippen LogP contribution in [0.4, 0.5) is 0 Å². The third kappa shape index (κ3) is 4.58. The van der Waals surface area contributed by atoms with Gasteiger partial charge in [-0.3, -0.25) is 4.79 Å². The van der Waals surface area contributed by atoms with Crippen molar-refractivity contribution in [1.82, 2.24) is 5.32 Å². The maximum Gasteiger partial charge on any atom is 0.234 e. The van der Waals surface area contributed by atoms with Crippen LogP contribution in [0.1, 0.15) is 5.56 Å². The molecule has 0 saturated carbocycles. The van der Waals surface area contributed by atoms with E-state index in [2.05, 4.69) is 5.32 Å². The summed E-state index contributed by atoms with van der Waals surface area (Å²) in [6.07, 6.45) is 0. The van der Waals surface area contributed by atoms with E-state index in [1.807, 2.05) is 60.7 Å². The van der Waals surface area contributed by atoms with Crippen molar-refractivity contribution >= 4 is 29.3 Å². The third-order valence-electron chi connectivity index (χ3n) is 2.76. The van der Waals surface area contributed by atoms with Gasteiger partial charge in [0.05, 0.1) is 0 Å². The van der Waals surface area contributed by atoms with Crippen LogP contribution in [0.3, 0.4) is 0 Å². The molecule has 2 nitrogen and oxygen atoms in total. The van der Waals surface area contributed by atoms with Gasteiger partial charge >= 0.3 is 0 Å². The minimum absolute atomic E-state index is 0.0299. The van der Waals surface area contributed by atoms with Crippen molar-refractivity contribution in [2.24, 2.45) is 0 Å².